The molecule has 6 nitrogen and oxygen atoms in total. The minimum Gasteiger partial charge on any atom is -0.355 e. The van der Waals surface area contributed by atoms with Crippen molar-refractivity contribution in [2.75, 3.05) is 44.2 Å². The van der Waals surface area contributed by atoms with Gasteiger partial charge in [0.05, 0.1) is 0 Å². The Morgan fingerprint density at radius 3 is 2.59 bits per heavy atom. The van der Waals surface area contributed by atoms with Crippen molar-refractivity contribution < 1.29 is 4.79 Å². The van der Waals surface area contributed by atoms with Crippen LogP contribution in [0.25, 0.3) is 0 Å². The molecule has 0 bridgehead atoms. The number of aromatic nitrogens is 2. The normalized spacial score (nSPS) is 15.3. The van der Waals surface area contributed by atoms with Gasteiger partial charge in [-0.1, -0.05) is 37.6 Å². The van der Waals surface area contributed by atoms with Crippen molar-refractivity contribution in [3.05, 3.63) is 40.7 Å². The second-order valence-corrected chi connectivity index (χ2v) is 8.24. The summed E-state index contributed by atoms with van der Waals surface area (Å²) < 4.78 is 4.51. The number of nitrogens with one attached hydrogen (secondary N) is 1. The van der Waals surface area contributed by atoms with Crippen molar-refractivity contribution in [3.8, 4) is 0 Å². The number of anilines is 1. The third kappa shape index (κ3) is 5.89. The van der Waals surface area contributed by atoms with Crippen LogP contribution in [0, 0.1) is 5.92 Å². The summed E-state index contributed by atoms with van der Waals surface area (Å²) in [4.78, 5) is 21.0. The molecule has 1 aliphatic heterocycles. The van der Waals surface area contributed by atoms with Gasteiger partial charge in [-0.25, -0.2) is 4.98 Å². The Labute approximate surface area is 169 Å². The van der Waals surface area contributed by atoms with Crippen molar-refractivity contribution in [2.24, 2.45) is 5.92 Å². The zero-order valence-corrected chi connectivity index (χ0v) is 17.4. The predicted octanol–water partition coefficient (Wildman–Crippen LogP) is 2.68. The number of halogens is 1. The Morgan fingerprint density at radius 2 is 1.93 bits per heavy atom. The molecule has 3 rings (SSSR count). The van der Waals surface area contributed by atoms with E-state index in [-0.39, 0.29) is 11.8 Å². The summed E-state index contributed by atoms with van der Waals surface area (Å²) in [5, 5.41) is 4.71. The average Bonchev–Trinajstić information content (AvgIpc) is 3.12. The number of carbonyl (C=O) groups is 1. The minimum atomic E-state index is 0.0429. The summed E-state index contributed by atoms with van der Waals surface area (Å²) in [7, 11) is 0. The third-order valence-electron chi connectivity index (χ3n) is 4.63. The van der Waals surface area contributed by atoms with Gasteiger partial charge in [0, 0.05) is 68.2 Å². The molecule has 0 unspecified atom stereocenters. The Kier molecular flexibility index (Phi) is 7.04. The van der Waals surface area contributed by atoms with Gasteiger partial charge in [-0.05, 0) is 17.7 Å². The predicted molar refractivity (Wildman–Crippen MR) is 111 cm³/mol. The summed E-state index contributed by atoms with van der Waals surface area (Å²) in [6.45, 7) is 9.26. The highest BCUT2D eigenvalue weighted by Gasteiger charge is 2.20. The Bertz CT molecular complexity index is 741. The smallest absolute Gasteiger partial charge is 0.222 e. The number of piperazine rings is 1. The first-order valence-corrected chi connectivity index (χ1v) is 10.5. The molecule has 1 amide bonds. The van der Waals surface area contributed by atoms with E-state index in [1.165, 1.54) is 11.5 Å². The standard InChI is InChI=1S/C19H26ClN5OS/c1-14(2)18(26)21-7-8-24-9-11-25(12-10-24)19-22-17(23-27-19)13-15-3-5-16(20)6-4-15/h3-6,14H,7-13H2,1-2H3,(H,21,26). The lowest BCUT2D eigenvalue weighted by molar-refractivity contribution is -0.124. The maximum atomic E-state index is 11.6. The molecule has 27 heavy (non-hydrogen) atoms. The molecule has 1 aromatic heterocycles. The van der Waals surface area contributed by atoms with E-state index in [2.05, 4.69) is 19.5 Å². The van der Waals surface area contributed by atoms with Gasteiger partial charge >= 0.3 is 0 Å². The molecule has 1 N–H and O–H groups in total. The van der Waals surface area contributed by atoms with Gasteiger partial charge < -0.3 is 10.2 Å². The van der Waals surface area contributed by atoms with E-state index in [1.807, 2.05) is 38.1 Å². The molecule has 0 saturated carbocycles. The number of hydrogen-bond donors (Lipinski definition) is 1. The molecule has 2 heterocycles. The summed E-state index contributed by atoms with van der Waals surface area (Å²) in [5.74, 6) is 1.02. The number of rotatable bonds is 7. The number of amides is 1. The summed E-state index contributed by atoms with van der Waals surface area (Å²) in [6, 6.07) is 7.82. The first kappa shape index (κ1) is 20.0. The Hall–Kier alpha value is -1.70. The summed E-state index contributed by atoms with van der Waals surface area (Å²) >= 11 is 7.40. The van der Waals surface area contributed by atoms with Crippen LogP contribution in [-0.2, 0) is 11.2 Å². The molecule has 146 valence electrons. The van der Waals surface area contributed by atoms with Crippen LogP contribution in [0.5, 0.6) is 0 Å². The van der Waals surface area contributed by atoms with Crippen molar-refractivity contribution in [1.82, 2.24) is 19.6 Å². The quantitative estimate of drug-likeness (QED) is 0.764. The van der Waals surface area contributed by atoms with E-state index in [9.17, 15) is 4.79 Å². The average molecular weight is 408 g/mol. The molecule has 8 heteroatoms. The SMILES string of the molecule is CC(C)C(=O)NCCN1CCN(c2nc(Cc3ccc(Cl)cc3)ns2)CC1. The Balaban J connectivity index is 1.44. The molecular formula is C19H26ClN5OS. The number of carbonyl (C=O) groups excluding carboxylic acids is 1. The van der Waals surface area contributed by atoms with E-state index in [1.54, 1.807) is 0 Å². The van der Waals surface area contributed by atoms with Gasteiger partial charge in [-0.15, -0.1) is 0 Å². The lowest BCUT2D eigenvalue weighted by atomic mass is 10.1. The lowest BCUT2D eigenvalue weighted by Crippen LogP contribution is -2.48. The van der Waals surface area contributed by atoms with E-state index >= 15 is 0 Å². The van der Waals surface area contributed by atoms with Gasteiger partial charge in [-0.3, -0.25) is 9.69 Å². The zero-order chi connectivity index (χ0) is 19.2. The highest BCUT2D eigenvalue weighted by Crippen LogP contribution is 2.21. The van der Waals surface area contributed by atoms with E-state index in [0.29, 0.717) is 6.54 Å². The second kappa shape index (κ2) is 9.48. The first-order chi connectivity index (χ1) is 13.0. The molecule has 0 aliphatic carbocycles. The van der Waals surface area contributed by atoms with E-state index < -0.39 is 0 Å². The topological polar surface area (TPSA) is 61.4 Å². The number of hydrogen-bond acceptors (Lipinski definition) is 6. The molecule has 0 radical (unpaired) electrons. The van der Waals surface area contributed by atoms with E-state index in [4.69, 9.17) is 16.6 Å². The van der Waals surface area contributed by atoms with Gasteiger partial charge in [-0.2, -0.15) is 4.37 Å². The molecular weight excluding hydrogens is 382 g/mol. The van der Waals surface area contributed by atoms with Crippen molar-refractivity contribution in [1.29, 1.82) is 0 Å². The van der Waals surface area contributed by atoms with Crippen LogP contribution < -0.4 is 10.2 Å². The fourth-order valence-electron chi connectivity index (χ4n) is 2.93. The molecule has 0 spiro atoms. The third-order valence-corrected chi connectivity index (χ3v) is 5.69. The maximum Gasteiger partial charge on any atom is 0.222 e. The second-order valence-electron chi connectivity index (χ2n) is 7.07. The molecule has 2 aromatic rings. The fourth-order valence-corrected chi connectivity index (χ4v) is 3.80. The zero-order valence-electron chi connectivity index (χ0n) is 15.8. The molecule has 1 saturated heterocycles. The largest absolute Gasteiger partial charge is 0.355 e. The molecule has 1 aromatic carbocycles. The van der Waals surface area contributed by atoms with Gasteiger partial charge in [0.15, 0.2) is 0 Å². The Morgan fingerprint density at radius 1 is 1.22 bits per heavy atom. The summed E-state index contributed by atoms with van der Waals surface area (Å²) in [5.41, 5.74) is 1.16. The van der Waals surface area contributed by atoms with Crippen LogP contribution in [0.1, 0.15) is 25.2 Å². The van der Waals surface area contributed by atoms with Crippen LogP contribution in [0.2, 0.25) is 5.02 Å². The van der Waals surface area contributed by atoms with Gasteiger partial charge in [0.25, 0.3) is 0 Å². The number of nitrogens with zero attached hydrogens (tertiary/aromatic N) is 4. The highest BCUT2D eigenvalue weighted by atomic mass is 35.5. The molecule has 1 aliphatic rings. The maximum absolute atomic E-state index is 11.6. The van der Waals surface area contributed by atoms with Crippen molar-refractivity contribution in [3.63, 3.8) is 0 Å². The van der Waals surface area contributed by atoms with Gasteiger partial charge in [0.2, 0.25) is 11.0 Å². The van der Waals surface area contributed by atoms with E-state index in [0.717, 1.165) is 60.7 Å². The number of benzene rings is 1. The monoisotopic (exact) mass is 407 g/mol. The minimum absolute atomic E-state index is 0.0429. The van der Waals surface area contributed by atoms with Crippen LogP contribution in [0.15, 0.2) is 24.3 Å². The first-order valence-electron chi connectivity index (χ1n) is 9.33. The molecule has 0 atom stereocenters. The van der Waals surface area contributed by atoms with Crippen LogP contribution in [0.3, 0.4) is 0 Å². The van der Waals surface area contributed by atoms with Crippen molar-refractivity contribution in [2.45, 2.75) is 20.3 Å². The van der Waals surface area contributed by atoms with Gasteiger partial charge in [0.1, 0.15) is 5.82 Å². The lowest BCUT2D eigenvalue weighted by Gasteiger charge is -2.34. The van der Waals surface area contributed by atoms with Crippen LogP contribution >= 0.6 is 23.1 Å². The van der Waals surface area contributed by atoms with Crippen molar-refractivity contribution >= 4 is 34.2 Å². The molecule has 1 fully saturated rings. The van der Waals surface area contributed by atoms with Crippen LogP contribution in [-0.4, -0.2) is 59.4 Å². The fraction of sp³-hybridized carbons (Fsp3) is 0.526. The highest BCUT2D eigenvalue weighted by molar-refractivity contribution is 7.09. The van der Waals surface area contributed by atoms with Crippen LogP contribution in [0.4, 0.5) is 5.13 Å². The summed E-state index contributed by atoms with van der Waals surface area (Å²) in [6.07, 6.45) is 0.725.